The molecule has 0 aromatic heterocycles. The SMILES string of the molecule is CCCCCCCCCCCCCCCCCC(=O)Nc1ccc(C(=O)Nc2cc(C(=O)OC)ccc2Oc2ccc(C(=O)OC)cc2)cc1. The molecular formula is C41H54N2O7. The van der Waals surface area contributed by atoms with Crippen molar-refractivity contribution in [2.24, 2.45) is 0 Å². The smallest absolute Gasteiger partial charge is 0.337 e. The number of carbonyl (C=O) groups excluding carboxylic acids is 4. The van der Waals surface area contributed by atoms with Crippen LogP contribution in [0, 0.1) is 0 Å². The zero-order chi connectivity index (χ0) is 36.0. The number of benzene rings is 3. The summed E-state index contributed by atoms with van der Waals surface area (Å²) in [5.74, 6) is -0.842. The number of esters is 2. The van der Waals surface area contributed by atoms with Crippen LogP contribution in [-0.4, -0.2) is 38.0 Å². The third kappa shape index (κ3) is 14.4. The molecule has 0 aliphatic rings. The molecule has 2 N–H and O–H groups in total. The van der Waals surface area contributed by atoms with Crippen LogP contribution in [0.5, 0.6) is 11.5 Å². The van der Waals surface area contributed by atoms with Crippen LogP contribution in [0.25, 0.3) is 0 Å². The third-order valence-corrected chi connectivity index (χ3v) is 8.59. The van der Waals surface area contributed by atoms with Crippen LogP contribution in [0.3, 0.4) is 0 Å². The van der Waals surface area contributed by atoms with Crippen molar-refractivity contribution >= 4 is 35.1 Å². The van der Waals surface area contributed by atoms with Crippen molar-refractivity contribution in [1.82, 2.24) is 0 Å². The van der Waals surface area contributed by atoms with Crippen molar-refractivity contribution in [3.8, 4) is 11.5 Å². The molecule has 0 fully saturated rings. The largest absolute Gasteiger partial charge is 0.465 e. The lowest BCUT2D eigenvalue weighted by molar-refractivity contribution is -0.116. The molecule has 0 saturated carbocycles. The second-order valence-corrected chi connectivity index (χ2v) is 12.6. The number of carbonyl (C=O) groups is 4. The molecule has 0 aliphatic carbocycles. The Hall–Kier alpha value is -4.66. The van der Waals surface area contributed by atoms with Crippen LogP contribution in [0.1, 0.15) is 141 Å². The van der Waals surface area contributed by atoms with Crippen LogP contribution in [0.4, 0.5) is 11.4 Å². The lowest BCUT2D eigenvalue weighted by Crippen LogP contribution is -2.14. The van der Waals surface area contributed by atoms with E-state index >= 15 is 0 Å². The molecule has 9 heteroatoms. The highest BCUT2D eigenvalue weighted by Gasteiger charge is 2.16. The molecule has 0 bridgehead atoms. The minimum Gasteiger partial charge on any atom is -0.465 e. The monoisotopic (exact) mass is 686 g/mol. The van der Waals surface area contributed by atoms with E-state index in [2.05, 4.69) is 17.6 Å². The fourth-order valence-corrected chi connectivity index (χ4v) is 5.65. The summed E-state index contributed by atoms with van der Waals surface area (Å²) >= 11 is 0. The fourth-order valence-electron chi connectivity index (χ4n) is 5.65. The van der Waals surface area contributed by atoms with E-state index in [1.807, 2.05) is 0 Å². The molecule has 0 spiro atoms. The second kappa shape index (κ2) is 22.9. The van der Waals surface area contributed by atoms with Crippen molar-refractivity contribution in [3.05, 3.63) is 83.4 Å². The van der Waals surface area contributed by atoms with Crippen molar-refractivity contribution in [2.75, 3.05) is 24.9 Å². The highest BCUT2D eigenvalue weighted by atomic mass is 16.5. The molecule has 0 atom stereocenters. The minimum atomic E-state index is -0.570. The summed E-state index contributed by atoms with van der Waals surface area (Å²) in [6.45, 7) is 2.26. The molecule has 0 heterocycles. The molecule has 0 radical (unpaired) electrons. The van der Waals surface area contributed by atoms with Gasteiger partial charge in [0, 0.05) is 17.7 Å². The lowest BCUT2D eigenvalue weighted by Gasteiger charge is -2.14. The highest BCUT2D eigenvalue weighted by Crippen LogP contribution is 2.32. The Balaban J connectivity index is 1.41. The summed E-state index contributed by atoms with van der Waals surface area (Å²) in [6, 6.07) is 17.5. The maximum Gasteiger partial charge on any atom is 0.337 e. The van der Waals surface area contributed by atoms with E-state index in [-0.39, 0.29) is 22.9 Å². The number of anilines is 2. The van der Waals surface area contributed by atoms with E-state index in [0.717, 1.165) is 19.3 Å². The number of nitrogens with one attached hydrogen (secondary N) is 2. The van der Waals surface area contributed by atoms with Gasteiger partial charge in [-0.25, -0.2) is 9.59 Å². The summed E-state index contributed by atoms with van der Waals surface area (Å²) in [7, 11) is 2.57. The summed E-state index contributed by atoms with van der Waals surface area (Å²) in [5, 5.41) is 5.72. The average molecular weight is 687 g/mol. The fraction of sp³-hybridized carbons (Fsp3) is 0.463. The molecule has 0 unspecified atom stereocenters. The van der Waals surface area contributed by atoms with Crippen molar-refractivity contribution in [1.29, 1.82) is 0 Å². The van der Waals surface area contributed by atoms with Crippen LogP contribution < -0.4 is 15.4 Å². The van der Waals surface area contributed by atoms with Crippen LogP contribution in [0.15, 0.2) is 66.7 Å². The van der Waals surface area contributed by atoms with Crippen LogP contribution in [0.2, 0.25) is 0 Å². The second-order valence-electron chi connectivity index (χ2n) is 12.6. The normalized spacial score (nSPS) is 10.7. The summed E-state index contributed by atoms with van der Waals surface area (Å²) in [6.07, 6.45) is 19.7. The van der Waals surface area contributed by atoms with E-state index in [0.29, 0.717) is 29.0 Å². The van der Waals surface area contributed by atoms with E-state index in [1.165, 1.54) is 103 Å². The van der Waals surface area contributed by atoms with Gasteiger partial charge in [-0.3, -0.25) is 9.59 Å². The lowest BCUT2D eigenvalue weighted by atomic mass is 10.0. The van der Waals surface area contributed by atoms with Gasteiger partial charge in [-0.1, -0.05) is 96.8 Å². The molecule has 270 valence electrons. The molecule has 3 aromatic carbocycles. The molecule has 9 nitrogen and oxygen atoms in total. The Morgan fingerprint density at radius 1 is 0.540 bits per heavy atom. The van der Waals surface area contributed by atoms with Crippen molar-refractivity contribution in [2.45, 2.75) is 110 Å². The van der Waals surface area contributed by atoms with Gasteiger partial charge in [-0.15, -0.1) is 0 Å². The Kier molecular flexibility index (Phi) is 18.2. The predicted octanol–water partition coefficient (Wildman–Crippen LogP) is 10.5. The zero-order valence-corrected chi connectivity index (χ0v) is 30.0. The molecule has 3 aromatic rings. The third-order valence-electron chi connectivity index (χ3n) is 8.59. The first kappa shape index (κ1) is 39.8. The number of methoxy groups -OCH3 is 2. The number of hydrogen-bond acceptors (Lipinski definition) is 7. The van der Waals surface area contributed by atoms with Gasteiger partial charge in [0.05, 0.1) is 31.0 Å². The number of hydrogen-bond donors (Lipinski definition) is 2. The highest BCUT2D eigenvalue weighted by molar-refractivity contribution is 6.06. The topological polar surface area (TPSA) is 120 Å². The summed E-state index contributed by atoms with van der Waals surface area (Å²) < 4.78 is 15.5. The van der Waals surface area contributed by atoms with Gasteiger partial charge in [0.2, 0.25) is 5.91 Å². The summed E-state index contributed by atoms with van der Waals surface area (Å²) in [4.78, 5) is 49.7. The maximum absolute atomic E-state index is 13.2. The minimum absolute atomic E-state index is 0.0436. The Labute approximate surface area is 297 Å². The molecule has 2 amide bonds. The molecule has 0 aliphatic heterocycles. The van der Waals surface area contributed by atoms with Gasteiger partial charge < -0.3 is 24.8 Å². The van der Waals surface area contributed by atoms with E-state index < -0.39 is 17.8 Å². The van der Waals surface area contributed by atoms with Crippen molar-refractivity contribution in [3.63, 3.8) is 0 Å². The van der Waals surface area contributed by atoms with Crippen molar-refractivity contribution < 1.29 is 33.4 Å². The first-order valence-electron chi connectivity index (χ1n) is 18.1. The van der Waals surface area contributed by atoms with Gasteiger partial charge in [0.15, 0.2) is 5.75 Å². The number of unbranched alkanes of at least 4 members (excludes halogenated alkanes) is 14. The predicted molar refractivity (Wildman–Crippen MR) is 198 cm³/mol. The van der Waals surface area contributed by atoms with Crippen LogP contribution >= 0.6 is 0 Å². The Bertz CT molecular complexity index is 1490. The molecule has 0 saturated heterocycles. The van der Waals surface area contributed by atoms with E-state index in [4.69, 9.17) is 14.2 Å². The van der Waals surface area contributed by atoms with Gasteiger partial charge >= 0.3 is 11.9 Å². The Morgan fingerprint density at radius 3 is 1.56 bits per heavy atom. The van der Waals surface area contributed by atoms with E-state index in [1.54, 1.807) is 54.6 Å². The summed E-state index contributed by atoms with van der Waals surface area (Å²) in [5.41, 5.74) is 1.79. The van der Waals surface area contributed by atoms with Crippen LogP contribution in [-0.2, 0) is 14.3 Å². The number of ether oxygens (including phenoxy) is 3. The molecule has 50 heavy (non-hydrogen) atoms. The number of amides is 2. The zero-order valence-electron chi connectivity index (χ0n) is 30.0. The maximum atomic E-state index is 13.2. The number of rotatable bonds is 23. The average Bonchev–Trinajstić information content (AvgIpc) is 3.13. The Morgan fingerprint density at radius 2 is 1.02 bits per heavy atom. The first-order chi connectivity index (χ1) is 24.3. The van der Waals surface area contributed by atoms with Gasteiger partial charge in [0.1, 0.15) is 5.75 Å². The molecular weight excluding hydrogens is 632 g/mol. The van der Waals surface area contributed by atoms with Gasteiger partial charge in [-0.2, -0.15) is 0 Å². The molecule has 3 rings (SSSR count). The van der Waals surface area contributed by atoms with E-state index in [9.17, 15) is 19.2 Å². The quantitative estimate of drug-likeness (QED) is 0.0752. The standard InChI is InChI=1S/C41H54N2O7/c1-4-5-6-7-8-9-10-11-12-13-14-15-16-17-18-19-38(44)42-34-25-20-31(21-26-34)39(45)43-36-30-33(41(47)49-3)24-29-37(36)50-35-27-22-32(23-28-35)40(46)48-2/h20-30H,4-19H2,1-3H3,(H,42,44)(H,43,45). The van der Waals surface area contributed by atoms with Gasteiger partial charge in [-0.05, 0) is 73.2 Å². The first-order valence-corrected chi connectivity index (χ1v) is 18.1. The van der Waals surface area contributed by atoms with Gasteiger partial charge in [0.25, 0.3) is 5.91 Å².